The van der Waals surface area contributed by atoms with Crippen LogP contribution in [0.15, 0.2) is 12.1 Å². The maximum atomic E-state index is 11.9. The van der Waals surface area contributed by atoms with Crippen LogP contribution in [0.25, 0.3) is 0 Å². The van der Waals surface area contributed by atoms with E-state index in [1.807, 2.05) is 6.07 Å². The van der Waals surface area contributed by atoms with E-state index in [1.165, 1.54) is 63.9 Å². The summed E-state index contributed by atoms with van der Waals surface area (Å²) in [6.45, 7) is 8.74. The lowest BCUT2D eigenvalue weighted by atomic mass is 9.85. The van der Waals surface area contributed by atoms with Gasteiger partial charge in [-0.1, -0.05) is 104 Å². The van der Waals surface area contributed by atoms with Gasteiger partial charge in [0.2, 0.25) is 0 Å². The quantitative estimate of drug-likeness (QED) is 0.222. The molecule has 0 heterocycles. The molecule has 1 atom stereocenters. The summed E-state index contributed by atoms with van der Waals surface area (Å²) in [4.78, 5) is 23.5. The number of unbranched alkanes of at least 4 members (excludes halogenated alkanes) is 10. The molecule has 0 aromatic heterocycles. The van der Waals surface area contributed by atoms with Crippen LogP contribution in [-0.4, -0.2) is 22.2 Å². The molecular weight excluding hydrogens is 400 g/mol. The van der Waals surface area contributed by atoms with Gasteiger partial charge in [-0.25, -0.2) is 9.59 Å². The summed E-state index contributed by atoms with van der Waals surface area (Å²) in [6, 6.07) is 3.28. The Hall–Kier alpha value is -1.84. The molecule has 0 spiro atoms. The average molecular weight is 447 g/mol. The highest BCUT2D eigenvalue weighted by Crippen LogP contribution is 2.30. The van der Waals surface area contributed by atoms with Crippen LogP contribution >= 0.6 is 0 Å². The highest BCUT2D eigenvalue weighted by atomic mass is 16.4. The number of carbonyl (C=O) groups is 2. The van der Waals surface area contributed by atoms with Crippen molar-refractivity contribution in [2.45, 2.75) is 124 Å². The fraction of sp³-hybridized carbons (Fsp3) is 0.714. The van der Waals surface area contributed by atoms with E-state index in [0.29, 0.717) is 6.42 Å². The monoisotopic (exact) mass is 446 g/mol. The first-order valence-electron chi connectivity index (χ1n) is 12.9. The number of hydrogen-bond donors (Lipinski definition) is 2. The summed E-state index contributed by atoms with van der Waals surface area (Å²) in [5.41, 5.74) is 1.61. The van der Waals surface area contributed by atoms with Gasteiger partial charge in [-0.05, 0) is 48.3 Å². The summed E-state index contributed by atoms with van der Waals surface area (Å²) in [5.74, 6) is -1.25. The van der Waals surface area contributed by atoms with Crippen molar-refractivity contribution < 1.29 is 19.8 Å². The predicted octanol–water partition coefficient (Wildman–Crippen LogP) is 8.48. The molecule has 0 aliphatic carbocycles. The van der Waals surface area contributed by atoms with Crippen LogP contribution in [-0.2, 0) is 6.42 Å². The Kier molecular flexibility index (Phi) is 14.0. The van der Waals surface area contributed by atoms with Gasteiger partial charge in [0.1, 0.15) is 0 Å². The van der Waals surface area contributed by atoms with Gasteiger partial charge >= 0.3 is 11.9 Å². The fourth-order valence-corrected chi connectivity index (χ4v) is 4.48. The normalized spacial score (nSPS) is 12.3. The van der Waals surface area contributed by atoms with Gasteiger partial charge in [-0.3, -0.25) is 0 Å². The maximum absolute atomic E-state index is 11.9. The number of carboxylic acid groups (broad SMARTS) is 2. The predicted molar refractivity (Wildman–Crippen MR) is 133 cm³/mol. The number of aromatic carboxylic acids is 2. The molecular formula is C28H46O4. The minimum atomic E-state index is -1.17. The Morgan fingerprint density at radius 1 is 0.750 bits per heavy atom. The lowest BCUT2D eigenvalue weighted by Gasteiger charge is -2.19. The average Bonchev–Trinajstić information content (AvgIpc) is 2.75. The van der Waals surface area contributed by atoms with Gasteiger partial charge in [-0.2, -0.15) is 0 Å². The van der Waals surface area contributed by atoms with Crippen molar-refractivity contribution >= 4 is 11.9 Å². The Morgan fingerprint density at radius 2 is 1.25 bits per heavy atom. The molecule has 0 bridgehead atoms. The fourth-order valence-electron chi connectivity index (χ4n) is 4.48. The van der Waals surface area contributed by atoms with E-state index in [-0.39, 0.29) is 17.0 Å². The van der Waals surface area contributed by atoms with Crippen molar-refractivity contribution in [1.29, 1.82) is 0 Å². The SMILES string of the molecule is CCC(C)c1ccc(C(=O)O)c(C(=O)O)c1CCCCCCCCCCCCCC(C)C. The van der Waals surface area contributed by atoms with E-state index in [2.05, 4.69) is 27.7 Å². The van der Waals surface area contributed by atoms with Crippen molar-refractivity contribution in [1.82, 2.24) is 0 Å². The van der Waals surface area contributed by atoms with Crippen LogP contribution in [0.5, 0.6) is 0 Å². The van der Waals surface area contributed by atoms with E-state index >= 15 is 0 Å². The molecule has 1 aromatic rings. The zero-order valence-corrected chi connectivity index (χ0v) is 20.9. The second kappa shape index (κ2) is 15.9. The van der Waals surface area contributed by atoms with Crippen LogP contribution in [0.4, 0.5) is 0 Å². The van der Waals surface area contributed by atoms with Gasteiger partial charge in [0.25, 0.3) is 0 Å². The van der Waals surface area contributed by atoms with E-state index in [1.54, 1.807) is 0 Å². The summed E-state index contributed by atoms with van der Waals surface area (Å²) in [6.07, 6.45) is 16.6. The van der Waals surface area contributed by atoms with Crippen LogP contribution in [0, 0.1) is 5.92 Å². The Labute approximate surface area is 195 Å². The van der Waals surface area contributed by atoms with Crippen molar-refractivity contribution in [2.24, 2.45) is 5.92 Å². The summed E-state index contributed by atoms with van der Waals surface area (Å²) < 4.78 is 0. The van der Waals surface area contributed by atoms with Gasteiger partial charge in [0.05, 0.1) is 11.1 Å². The summed E-state index contributed by atoms with van der Waals surface area (Å²) >= 11 is 0. The second-order valence-electron chi connectivity index (χ2n) is 9.80. The lowest BCUT2D eigenvalue weighted by Crippen LogP contribution is -2.15. The molecule has 4 nitrogen and oxygen atoms in total. The van der Waals surface area contributed by atoms with Crippen LogP contribution < -0.4 is 0 Å². The Morgan fingerprint density at radius 3 is 1.69 bits per heavy atom. The van der Waals surface area contributed by atoms with E-state index in [4.69, 9.17) is 0 Å². The molecule has 4 heteroatoms. The Balaban J connectivity index is 2.41. The highest BCUT2D eigenvalue weighted by Gasteiger charge is 2.24. The molecule has 182 valence electrons. The van der Waals surface area contributed by atoms with Crippen molar-refractivity contribution in [2.75, 3.05) is 0 Å². The van der Waals surface area contributed by atoms with Crippen LogP contribution in [0.1, 0.15) is 149 Å². The third kappa shape index (κ3) is 10.2. The molecule has 0 radical (unpaired) electrons. The molecule has 0 saturated heterocycles. The largest absolute Gasteiger partial charge is 0.478 e. The number of benzene rings is 1. The second-order valence-corrected chi connectivity index (χ2v) is 9.80. The van der Waals surface area contributed by atoms with Crippen molar-refractivity contribution in [3.8, 4) is 0 Å². The van der Waals surface area contributed by atoms with E-state index in [0.717, 1.165) is 42.7 Å². The molecule has 1 aromatic carbocycles. The molecule has 0 fully saturated rings. The van der Waals surface area contributed by atoms with Gasteiger partial charge in [0.15, 0.2) is 0 Å². The minimum absolute atomic E-state index is 0.0105. The van der Waals surface area contributed by atoms with E-state index in [9.17, 15) is 19.8 Å². The molecule has 0 aliphatic heterocycles. The van der Waals surface area contributed by atoms with Crippen LogP contribution in [0.2, 0.25) is 0 Å². The summed E-state index contributed by atoms with van der Waals surface area (Å²) in [7, 11) is 0. The third-order valence-electron chi connectivity index (χ3n) is 6.64. The first-order chi connectivity index (χ1) is 15.3. The molecule has 0 aliphatic rings. The summed E-state index contributed by atoms with van der Waals surface area (Å²) in [5, 5.41) is 19.2. The number of rotatable bonds is 18. The van der Waals surface area contributed by atoms with Crippen molar-refractivity contribution in [3.63, 3.8) is 0 Å². The molecule has 1 unspecified atom stereocenters. The molecule has 32 heavy (non-hydrogen) atoms. The zero-order valence-electron chi connectivity index (χ0n) is 20.9. The van der Waals surface area contributed by atoms with Crippen molar-refractivity contribution in [3.05, 3.63) is 34.4 Å². The minimum Gasteiger partial charge on any atom is -0.478 e. The molecule has 0 saturated carbocycles. The van der Waals surface area contributed by atoms with Gasteiger partial charge < -0.3 is 10.2 Å². The zero-order chi connectivity index (χ0) is 23.9. The molecule has 2 N–H and O–H groups in total. The van der Waals surface area contributed by atoms with E-state index < -0.39 is 11.9 Å². The first-order valence-corrected chi connectivity index (χ1v) is 12.9. The third-order valence-corrected chi connectivity index (χ3v) is 6.64. The van der Waals surface area contributed by atoms with Gasteiger partial charge in [0, 0.05) is 0 Å². The van der Waals surface area contributed by atoms with Gasteiger partial charge in [-0.15, -0.1) is 0 Å². The number of hydrogen-bond acceptors (Lipinski definition) is 2. The highest BCUT2D eigenvalue weighted by molar-refractivity contribution is 6.03. The molecule has 1 rings (SSSR count). The first kappa shape index (κ1) is 28.2. The molecule has 0 amide bonds. The smallest absolute Gasteiger partial charge is 0.336 e. The Bertz CT molecular complexity index is 693. The van der Waals surface area contributed by atoms with Crippen LogP contribution in [0.3, 0.4) is 0 Å². The maximum Gasteiger partial charge on any atom is 0.336 e. The lowest BCUT2D eigenvalue weighted by molar-refractivity contribution is 0.0650. The topological polar surface area (TPSA) is 74.6 Å². The standard InChI is InChI=1S/C28H46O4/c1-5-22(4)23-19-20-25(27(29)30)26(28(31)32)24(23)18-16-14-12-10-8-6-7-9-11-13-15-17-21(2)3/h19-22H,5-18H2,1-4H3,(H,29,30)(H,31,32). The number of carboxylic acids is 2.